The van der Waals surface area contributed by atoms with Crippen LogP contribution < -0.4 is 0 Å². The molecule has 3 rings (SSSR count). The third kappa shape index (κ3) is 2.00. The zero-order chi connectivity index (χ0) is 13.1. The van der Waals surface area contributed by atoms with Crippen LogP contribution in [-0.2, 0) is 11.0 Å². The smallest absolute Gasteiger partial charge is 0.125 e. The van der Waals surface area contributed by atoms with E-state index in [1.165, 1.54) is 0 Å². The topological polar surface area (TPSA) is 49.4 Å². The number of halogens is 1. The van der Waals surface area contributed by atoms with Gasteiger partial charge < -0.3 is 0 Å². The molecule has 4 nitrogen and oxygen atoms in total. The van der Waals surface area contributed by atoms with Gasteiger partial charge in [-0.15, -0.1) is 10.2 Å². The summed E-state index contributed by atoms with van der Waals surface area (Å²) in [7, 11) is 0. The van der Waals surface area contributed by atoms with Gasteiger partial charge in [-0.05, 0) is 16.0 Å². The number of rotatable bonds is 3. The Morgan fingerprint density at radius 1 is 0.842 bits per heavy atom. The van der Waals surface area contributed by atoms with E-state index in [1.807, 2.05) is 48.5 Å². The molecule has 0 bridgehead atoms. The molecule has 1 aliphatic heterocycles. The van der Waals surface area contributed by atoms with E-state index in [2.05, 4.69) is 42.7 Å². The Labute approximate surface area is 119 Å². The highest BCUT2D eigenvalue weighted by Gasteiger charge is 2.39. The Morgan fingerprint density at radius 2 is 1.47 bits per heavy atom. The van der Waals surface area contributed by atoms with E-state index >= 15 is 0 Å². The molecule has 94 valence electrons. The van der Waals surface area contributed by atoms with Gasteiger partial charge in [-0.25, -0.2) is 0 Å². The van der Waals surface area contributed by atoms with Gasteiger partial charge in [0.15, 0.2) is 0 Å². The molecule has 0 aliphatic carbocycles. The maximum atomic E-state index is 4.29. The fraction of sp³-hybridized carbons (Fsp3) is 0.143. The highest BCUT2D eigenvalue weighted by Crippen LogP contribution is 2.40. The zero-order valence-corrected chi connectivity index (χ0v) is 11.7. The molecule has 0 amide bonds. The summed E-state index contributed by atoms with van der Waals surface area (Å²) in [6, 6.07) is 18.0. The number of benzene rings is 2. The number of nitrogens with zero attached hydrogens (tertiary/aromatic N) is 4. The van der Waals surface area contributed by atoms with Crippen molar-refractivity contribution in [3.8, 4) is 0 Å². The van der Waals surface area contributed by atoms with Gasteiger partial charge >= 0.3 is 0 Å². The summed E-state index contributed by atoms with van der Waals surface area (Å²) < 4.78 is 0. The van der Waals surface area contributed by atoms with Crippen molar-refractivity contribution in [2.45, 2.75) is 11.0 Å². The molecule has 19 heavy (non-hydrogen) atoms. The third-order valence-electron chi connectivity index (χ3n) is 3.13. The second-order valence-electron chi connectivity index (χ2n) is 4.21. The Bertz CT molecular complexity index is 625. The van der Waals surface area contributed by atoms with E-state index in [0.717, 1.165) is 22.0 Å². The van der Waals surface area contributed by atoms with E-state index in [9.17, 15) is 0 Å². The summed E-state index contributed by atoms with van der Waals surface area (Å²) in [5.41, 5.74) is 2.26. The van der Waals surface area contributed by atoms with E-state index in [1.54, 1.807) is 0 Å². The van der Waals surface area contributed by atoms with Crippen LogP contribution in [0.3, 0.4) is 0 Å². The molecule has 2 aromatic rings. The van der Waals surface area contributed by atoms with Crippen molar-refractivity contribution in [3.63, 3.8) is 0 Å². The maximum Gasteiger partial charge on any atom is 0.245 e. The zero-order valence-electron chi connectivity index (χ0n) is 10.1. The molecule has 0 radical (unpaired) electrons. The Balaban J connectivity index is 2.23. The van der Waals surface area contributed by atoms with E-state index < -0.39 is 5.66 Å². The lowest BCUT2D eigenvalue weighted by molar-refractivity contribution is 0.561. The maximum absolute atomic E-state index is 4.29. The fourth-order valence-electron chi connectivity index (χ4n) is 2.22. The minimum absolute atomic E-state index is 0.739. The molecule has 2 aromatic carbocycles. The molecule has 0 saturated carbocycles. The van der Waals surface area contributed by atoms with Crippen molar-refractivity contribution >= 4 is 15.9 Å². The standard InChI is InChI=1S/C14H11BrN4/c15-10-11-6-4-5-9-13(11)14(16-18-19-17-14)12-7-2-1-3-8-12/h1-9H,10H2. The highest BCUT2D eigenvalue weighted by molar-refractivity contribution is 9.08. The van der Waals surface area contributed by atoms with E-state index in [0.29, 0.717) is 0 Å². The SMILES string of the molecule is BrCc1ccccc1C1(c2ccccc2)N=NN=N1. The summed E-state index contributed by atoms with van der Waals surface area (Å²) in [5.74, 6) is 0. The van der Waals surface area contributed by atoms with Gasteiger partial charge in [0.05, 0.1) is 0 Å². The first kappa shape index (κ1) is 12.2. The first-order chi connectivity index (χ1) is 9.37. The predicted octanol–water partition coefficient (Wildman–Crippen LogP) is 4.62. The number of alkyl halides is 1. The largest absolute Gasteiger partial charge is 0.245 e. The molecule has 0 fully saturated rings. The Kier molecular flexibility index (Phi) is 3.21. The molecular formula is C14H11BrN4. The normalized spacial score (nSPS) is 15.8. The van der Waals surface area contributed by atoms with Crippen LogP contribution in [0.4, 0.5) is 0 Å². The van der Waals surface area contributed by atoms with Crippen molar-refractivity contribution < 1.29 is 0 Å². The van der Waals surface area contributed by atoms with Crippen molar-refractivity contribution in [3.05, 3.63) is 71.3 Å². The summed E-state index contributed by atoms with van der Waals surface area (Å²) in [6.07, 6.45) is 0. The molecular weight excluding hydrogens is 304 g/mol. The van der Waals surface area contributed by atoms with Gasteiger partial charge in [-0.2, -0.15) is 0 Å². The third-order valence-corrected chi connectivity index (χ3v) is 3.74. The van der Waals surface area contributed by atoms with Crippen LogP contribution in [-0.4, -0.2) is 0 Å². The van der Waals surface area contributed by atoms with Crippen LogP contribution in [0.25, 0.3) is 0 Å². The molecule has 5 heteroatoms. The lowest BCUT2D eigenvalue weighted by Gasteiger charge is -2.23. The lowest BCUT2D eigenvalue weighted by atomic mass is 9.90. The Morgan fingerprint density at radius 3 is 2.16 bits per heavy atom. The minimum Gasteiger partial charge on any atom is -0.125 e. The lowest BCUT2D eigenvalue weighted by Crippen LogP contribution is -2.22. The summed E-state index contributed by atoms with van der Waals surface area (Å²) in [6.45, 7) is 0. The molecule has 1 aliphatic rings. The molecule has 0 spiro atoms. The molecule has 0 aromatic heterocycles. The van der Waals surface area contributed by atoms with Crippen LogP contribution in [0.1, 0.15) is 16.7 Å². The van der Waals surface area contributed by atoms with Crippen molar-refractivity contribution in [1.29, 1.82) is 0 Å². The summed E-state index contributed by atoms with van der Waals surface area (Å²) in [4.78, 5) is 0. The molecule has 0 atom stereocenters. The quantitative estimate of drug-likeness (QED) is 0.742. The molecule has 0 unspecified atom stereocenters. The second kappa shape index (κ2) is 5.01. The van der Waals surface area contributed by atoms with Crippen molar-refractivity contribution in [2.75, 3.05) is 0 Å². The molecule has 0 saturated heterocycles. The average molecular weight is 315 g/mol. The van der Waals surface area contributed by atoms with E-state index in [-0.39, 0.29) is 0 Å². The summed E-state index contributed by atoms with van der Waals surface area (Å²) in [5, 5.41) is 16.8. The van der Waals surface area contributed by atoms with Crippen LogP contribution in [0.2, 0.25) is 0 Å². The van der Waals surface area contributed by atoms with Crippen molar-refractivity contribution in [1.82, 2.24) is 0 Å². The van der Waals surface area contributed by atoms with Gasteiger partial charge in [0, 0.05) is 16.5 Å². The first-order valence-electron chi connectivity index (χ1n) is 5.91. The van der Waals surface area contributed by atoms with Crippen LogP contribution in [0.15, 0.2) is 75.3 Å². The predicted molar refractivity (Wildman–Crippen MR) is 76.0 cm³/mol. The van der Waals surface area contributed by atoms with Crippen molar-refractivity contribution in [2.24, 2.45) is 20.7 Å². The van der Waals surface area contributed by atoms with E-state index in [4.69, 9.17) is 0 Å². The van der Waals surface area contributed by atoms with Crippen LogP contribution >= 0.6 is 15.9 Å². The van der Waals surface area contributed by atoms with Gasteiger partial charge in [0.2, 0.25) is 5.66 Å². The number of hydrogen-bond donors (Lipinski definition) is 0. The second-order valence-corrected chi connectivity index (χ2v) is 4.77. The number of hydrogen-bond acceptors (Lipinski definition) is 4. The molecule has 0 N–H and O–H groups in total. The van der Waals surface area contributed by atoms with Crippen LogP contribution in [0.5, 0.6) is 0 Å². The van der Waals surface area contributed by atoms with Gasteiger partial charge in [0.1, 0.15) is 0 Å². The average Bonchev–Trinajstić information content (AvgIpc) is 2.99. The van der Waals surface area contributed by atoms with Gasteiger partial charge in [0.25, 0.3) is 0 Å². The monoisotopic (exact) mass is 314 g/mol. The highest BCUT2D eigenvalue weighted by atomic mass is 79.9. The minimum atomic E-state index is -0.842. The summed E-state index contributed by atoms with van der Waals surface area (Å²) >= 11 is 3.51. The first-order valence-corrected chi connectivity index (χ1v) is 7.03. The van der Waals surface area contributed by atoms with Gasteiger partial charge in [-0.3, -0.25) is 0 Å². The fourth-order valence-corrected chi connectivity index (χ4v) is 2.70. The Hall–Kier alpha value is -1.88. The molecule has 1 heterocycles. The van der Waals surface area contributed by atoms with Gasteiger partial charge in [-0.1, -0.05) is 70.5 Å². The van der Waals surface area contributed by atoms with Crippen LogP contribution in [0, 0.1) is 0 Å².